The first-order valence-corrected chi connectivity index (χ1v) is 32.2. The van der Waals surface area contributed by atoms with E-state index in [9.17, 15) is 14.4 Å². The van der Waals surface area contributed by atoms with Crippen molar-refractivity contribution < 1.29 is 28.6 Å². The molecule has 0 aliphatic heterocycles. The first-order chi connectivity index (χ1) is 37.5. The zero-order chi connectivity index (χ0) is 55.0. The Bertz CT molecular complexity index is 1490. The maximum atomic E-state index is 12.9. The molecular formula is C70H120O6. The van der Waals surface area contributed by atoms with Gasteiger partial charge in [0.15, 0.2) is 6.10 Å². The Hall–Kier alpha value is -3.67. The average Bonchev–Trinajstić information content (AvgIpc) is 3.42. The lowest BCUT2D eigenvalue weighted by Crippen LogP contribution is -2.30. The maximum Gasteiger partial charge on any atom is 0.306 e. The molecule has 0 aromatic rings. The second-order valence-electron chi connectivity index (χ2n) is 21.3. The number of carbonyl (C=O) groups is 3. The molecule has 0 rings (SSSR count). The molecule has 0 heterocycles. The highest BCUT2D eigenvalue weighted by Gasteiger charge is 2.19. The second-order valence-corrected chi connectivity index (χ2v) is 21.3. The minimum Gasteiger partial charge on any atom is -0.462 e. The summed E-state index contributed by atoms with van der Waals surface area (Å²) in [6, 6.07) is 0. The van der Waals surface area contributed by atoms with Gasteiger partial charge in [-0.1, -0.05) is 266 Å². The third-order valence-electron chi connectivity index (χ3n) is 13.8. The molecule has 0 saturated carbocycles. The van der Waals surface area contributed by atoms with Gasteiger partial charge in [-0.05, 0) is 122 Å². The number of hydrogen-bond donors (Lipinski definition) is 0. The molecule has 76 heavy (non-hydrogen) atoms. The van der Waals surface area contributed by atoms with Crippen LogP contribution >= 0.6 is 0 Å². The van der Waals surface area contributed by atoms with Crippen molar-refractivity contribution in [1.29, 1.82) is 0 Å². The standard InChI is InChI=1S/C70H120O6/c1-4-7-10-13-16-19-22-25-28-31-33-34-35-36-38-39-42-45-48-51-54-57-60-63-69(72)75-66-67(65-74-68(71)62-59-56-53-50-47-44-41-30-27-24-21-18-15-12-9-6-3)76-70(73)64-61-58-55-52-49-46-43-40-37-32-29-26-23-20-17-14-11-8-5-2/h8,11,17,20-21,24,26,29-31,33,37,40-41,46,49,67H,4-7,9-10,12-16,18-19,22-23,25,27-28,32,34-36,38-39,42-45,47-48,50-66H2,1-3H3/b11-8-,20-17-,24-21-,29-26-,33-31-,40-37-,41-30-,49-46-. The van der Waals surface area contributed by atoms with Gasteiger partial charge >= 0.3 is 17.9 Å². The Balaban J connectivity index is 4.42. The molecule has 436 valence electrons. The normalized spacial score (nSPS) is 12.7. The Labute approximate surface area is 470 Å². The topological polar surface area (TPSA) is 78.9 Å². The van der Waals surface area contributed by atoms with Crippen LogP contribution in [-0.2, 0) is 28.6 Å². The minimum absolute atomic E-state index is 0.0955. The van der Waals surface area contributed by atoms with Gasteiger partial charge in [0.25, 0.3) is 0 Å². The first-order valence-electron chi connectivity index (χ1n) is 32.2. The summed E-state index contributed by atoms with van der Waals surface area (Å²) < 4.78 is 16.9. The highest BCUT2D eigenvalue weighted by Crippen LogP contribution is 2.16. The van der Waals surface area contributed by atoms with E-state index in [1.165, 1.54) is 148 Å². The minimum atomic E-state index is -0.803. The fraction of sp³-hybridized carbons (Fsp3) is 0.729. The molecule has 6 heteroatoms. The second kappa shape index (κ2) is 63.9. The predicted octanol–water partition coefficient (Wildman–Crippen LogP) is 22.0. The number of rotatable bonds is 58. The van der Waals surface area contributed by atoms with Gasteiger partial charge in [-0.25, -0.2) is 0 Å². The largest absolute Gasteiger partial charge is 0.462 e. The number of ether oxygens (including phenoxy) is 3. The fourth-order valence-corrected chi connectivity index (χ4v) is 8.97. The van der Waals surface area contributed by atoms with Gasteiger partial charge in [-0.2, -0.15) is 0 Å². The summed E-state index contributed by atoms with van der Waals surface area (Å²) in [6.07, 6.45) is 85.5. The highest BCUT2D eigenvalue weighted by atomic mass is 16.6. The van der Waals surface area contributed by atoms with Crippen LogP contribution in [0.5, 0.6) is 0 Å². The lowest BCUT2D eigenvalue weighted by atomic mass is 10.0. The molecule has 0 amide bonds. The van der Waals surface area contributed by atoms with E-state index in [1.54, 1.807) is 0 Å². The zero-order valence-corrected chi connectivity index (χ0v) is 50.0. The summed E-state index contributed by atoms with van der Waals surface area (Å²) in [5, 5.41) is 0. The summed E-state index contributed by atoms with van der Waals surface area (Å²) in [5.74, 6) is -0.934. The van der Waals surface area contributed by atoms with E-state index < -0.39 is 6.10 Å². The Morgan fingerprint density at radius 3 is 0.842 bits per heavy atom. The van der Waals surface area contributed by atoms with E-state index in [0.717, 1.165) is 122 Å². The van der Waals surface area contributed by atoms with Crippen LogP contribution in [0, 0.1) is 0 Å². The maximum absolute atomic E-state index is 12.9. The van der Waals surface area contributed by atoms with E-state index in [0.29, 0.717) is 12.8 Å². The molecule has 0 spiro atoms. The molecule has 1 atom stereocenters. The number of allylic oxidation sites excluding steroid dienone is 16. The Morgan fingerprint density at radius 1 is 0.276 bits per heavy atom. The Kier molecular flexibility index (Phi) is 60.8. The van der Waals surface area contributed by atoms with Crippen molar-refractivity contribution in [2.24, 2.45) is 0 Å². The molecule has 0 aliphatic rings. The van der Waals surface area contributed by atoms with Crippen molar-refractivity contribution >= 4 is 17.9 Å². The van der Waals surface area contributed by atoms with Crippen LogP contribution in [0.1, 0.15) is 310 Å². The van der Waals surface area contributed by atoms with Gasteiger partial charge < -0.3 is 14.2 Å². The Morgan fingerprint density at radius 2 is 0.513 bits per heavy atom. The van der Waals surface area contributed by atoms with Crippen molar-refractivity contribution in [3.63, 3.8) is 0 Å². The summed E-state index contributed by atoms with van der Waals surface area (Å²) in [7, 11) is 0. The van der Waals surface area contributed by atoms with Crippen molar-refractivity contribution in [1.82, 2.24) is 0 Å². The average molecular weight is 1060 g/mol. The van der Waals surface area contributed by atoms with Crippen LogP contribution in [0.2, 0.25) is 0 Å². The van der Waals surface area contributed by atoms with E-state index in [1.807, 2.05) is 0 Å². The van der Waals surface area contributed by atoms with Crippen molar-refractivity contribution in [2.45, 2.75) is 316 Å². The van der Waals surface area contributed by atoms with Crippen LogP contribution in [0.3, 0.4) is 0 Å². The lowest BCUT2D eigenvalue weighted by Gasteiger charge is -2.18. The molecule has 0 N–H and O–H groups in total. The van der Waals surface area contributed by atoms with Gasteiger partial charge in [0.2, 0.25) is 0 Å². The number of hydrogen-bond acceptors (Lipinski definition) is 6. The molecule has 0 saturated heterocycles. The zero-order valence-electron chi connectivity index (χ0n) is 50.0. The first kappa shape index (κ1) is 72.3. The van der Waals surface area contributed by atoms with Gasteiger partial charge in [0.05, 0.1) is 0 Å². The van der Waals surface area contributed by atoms with Crippen LogP contribution in [0.25, 0.3) is 0 Å². The smallest absolute Gasteiger partial charge is 0.306 e. The van der Waals surface area contributed by atoms with Crippen LogP contribution in [0.15, 0.2) is 97.2 Å². The van der Waals surface area contributed by atoms with Gasteiger partial charge in [0, 0.05) is 19.3 Å². The molecular weight excluding hydrogens is 937 g/mol. The number of carbonyl (C=O) groups excluding carboxylic acids is 3. The third kappa shape index (κ3) is 61.2. The van der Waals surface area contributed by atoms with Crippen molar-refractivity contribution in [3.05, 3.63) is 97.2 Å². The van der Waals surface area contributed by atoms with E-state index in [4.69, 9.17) is 14.2 Å². The van der Waals surface area contributed by atoms with Gasteiger partial charge in [0.1, 0.15) is 13.2 Å². The molecule has 0 aliphatic carbocycles. The van der Waals surface area contributed by atoms with Gasteiger partial charge in [-0.3, -0.25) is 14.4 Å². The molecule has 0 aromatic carbocycles. The van der Waals surface area contributed by atoms with Crippen molar-refractivity contribution in [2.75, 3.05) is 13.2 Å². The molecule has 6 nitrogen and oxygen atoms in total. The van der Waals surface area contributed by atoms with Crippen LogP contribution in [0.4, 0.5) is 0 Å². The van der Waals surface area contributed by atoms with Crippen LogP contribution in [-0.4, -0.2) is 37.2 Å². The quantitative estimate of drug-likeness (QED) is 0.0261. The lowest BCUT2D eigenvalue weighted by molar-refractivity contribution is -0.167. The monoisotopic (exact) mass is 1060 g/mol. The molecule has 0 fully saturated rings. The fourth-order valence-electron chi connectivity index (χ4n) is 8.97. The van der Waals surface area contributed by atoms with E-state index in [-0.39, 0.29) is 37.5 Å². The summed E-state index contributed by atoms with van der Waals surface area (Å²) in [5.41, 5.74) is 0. The predicted molar refractivity (Wildman–Crippen MR) is 330 cm³/mol. The highest BCUT2D eigenvalue weighted by molar-refractivity contribution is 5.71. The summed E-state index contributed by atoms with van der Waals surface area (Å²) >= 11 is 0. The van der Waals surface area contributed by atoms with Gasteiger partial charge in [-0.15, -0.1) is 0 Å². The van der Waals surface area contributed by atoms with E-state index in [2.05, 4.69) is 118 Å². The SMILES string of the molecule is CC/C=C\C/C=C\C/C=C\C/C=C\C/C=C\CCCCCC(=O)OC(COC(=O)CCCCCCC/C=C\C/C=C\CCCCCC)COC(=O)CCCCCCCCCCCCC/C=C\CCCCCCCCCC. The number of esters is 3. The summed E-state index contributed by atoms with van der Waals surface area (Å²) in [6.45, 7) is 6.50. The molecule has 1 unspecified atom stereocenters. The molecule has 0 aromatic heterocycles. The summed E-state index contributed by atoms with van der Waals surface area (Å²) in [4.78, 5) is 38.3. The van der Waals surface area contributed by atoms with Crippen LogP contribution < -0.4 is 0 Å². The third-order valence-corrected chi connectivity index (χ3v) is 13.8. The molecule has 0 bridgehead atoms. The number of unbranched alkanes of at least 4 members (excludes halogenated alkanes) is 31. The molecule has 0 radical (unpaired) electrons. The van der Waals surface area contributed by atoms with Crippen molar-refractivity contribution in [3.8, 4) is 0 Å². The van der Waals surface area contributed by atoms with E-state index >= 15 is 0 Å².